The molecule has 4 rings (SSSR count). The smallest absolute Gasteiger partial charge is 0.313 e. The fourth-order valence-corrected chi connectivity index (χ4v) is 3.16. The molecule has 1 N–H and O–H groups in total. The number of para-hydroxylation sites is 1. The molecule has 0 aliphatic carbocycles. The number of hydrogen-bond acceptors (Lipinski definition) is 5. The van der Waals surface area contributed by atoms with Gasteiger partial charge in [0.2, 0.25) is 5.43 Å². The minimum atomic E-state index is -2.79. The SMILES string of the molecule is N=CCC(=Nc1ccccc1)c1nn(-c2ccc(-c3cnn(C(F)F)c3)cc2F)ccc1=O. The summed E-state index contributed by atoms with van der Waals surface area (Å²) in [5.74, 6) is -0.673. The van der Waals surface area contributed by atoms with Crippen molar-refractivity contribution in [2.45, 2.75) is 13.0 Å². The van der Waals surface area contributed by atoms with Gasteiger partial charge in [-0.2, -0.15) is 19.0 Å². The Morgan fingerprint density at radius 1 is 1.12 bits per heavy atom. The van der Waals surface area contributed by atoms with E-state index in [1.165, 1.54) is 35.3 Å². The lowest BCUT2D eigenvalue weighted by Crippen LogP contribution is -2.21. The number of nitrogens with one attached hydrogen (secondary N) is 1. The molecular formula is C23H17F3N6O. The molecule has 2 aromatic heterocycles. The number of nitrogens with zero attached hydrogens (tertiary/aromatic N) is 5. The van der Waals surface area contributed by atoms with Gasteiger partial charge >= 0.3 is 6.55 Å². The zero-order valence-corrected chi connectivity index (χ0v) is 17.1. The van der Waals surface area contributed by atoms with E-state index in [1.54, 1.807) is 30.3 Å². The number of halogens is 3. The predicted octanol–water partition coefficient (Wildman–Crippen LogP) is 4.79. The summed E-state index contributed by atoms with van der Waals surface area (Å²) < 4.78 is 42.1. The van der Waals surface area contributed by atoms with Gasteiger partial charge in [-0.3, -0.25) is 9.79 Å². The van der Waals surface area contributed by atoms with Gasteiger partial charge in [-0.25, -0.2) is 13.8 Å². The number of rotatable bonds is 7. The van der Waals surface area contributed by atoms with Crippen molar-refractivity contribution in [3.05, 3.63) is 94.9 Å². The highest BCUT2D eigenvalue weighted by Crippen LogP contribution is 2.24. The van der Waals surface area contributed by atoms with Gasteiger partial charge in [0, 0.05) is 36.7 Å². The lowest BCUT2D eigenvalue weighted by molar-refractivity contribution is 0.0566. The molecule has 0 fully saturated rings. The average molecular weight is 450 g/mol. The van der Waals surface area contributed by atoms with Gasteiger partial charge in [-0.05, 0) is 29.8 Å². The molecule has 166 valence electrons. The molecular weight excluding hydrogens is 433 g/mol. The second-order valence-electron chi connectivity index (χ2n) is 6.93. The van der Waals surface area contributed by atoms with Crippen molar-refractivity contribution in [3.8, 4) is 16.8 Å². The summed E-state index contributed by atoms with van der Waals surface area (Å²) >= 11 is 0. The Morgan fingerprint density at radius 3 is 2.58 bits per heavy atom. The molecule has 0 amide bonds. The lowest BCUT2D eigenvalue weighted by atomic mass is 10.1. The first-order chi connectivity index (χ1) is 16.0. The molecule has 0 atom stereocenters. The van der Waals surface area contributed by atoms with Crippen molar-refractivity contribution in [1.82, 2.24) is 19.6 Å². The summed E-state index contributed by atoms with van der Waals surface area (Å²) in [6.07, 6.45) is 4.84. The van der Waals surface area contributed by atoms with Crippen molar-refractivity contribution in [3.63, 3.8) is 0 Å². The van der Waals surface area contributed by atoms with Crippen LogP contribution in [0.15, 0.2) is 83.0 Å². The van der Waals surface area contributed by atoms with Crippen LogP contribution in [0.2, 0.25) is 0 Å². The van der Waals surface area contributed by atoms with Gasteiger partial charge in [0.1, 0.15) is 11.5 Å². The maximum absolute atomic E-state index is 14.9. The van der Waals surface area contributed by atoms with Crippen LogP contribution < -0.4 is 5.43 Å². The van der Waals surface area contributed by atoms with E-state index >= 15 is 0 Å². The van der Waals surface area contributed by atoms with E-state index in [4.69, 9.17) is 5.41 Å². The van der Waals surface area contributed by atoms with Gasteiger partial charge in [-0.1, -0.05) is 24.3 Å². The van der Waals surface area contributed by atoms with Crippen LogP contribution in [0.4, 0.5) is 18.9 Å². The zero-order valence-electron chi connectivity index (χ0n) is 17.1. The van der Waals surface area contributed by atoms with E-state index in [9.17, 15) is 18.0 Å². The first-order valence-corrected chi connectivity index (χ1v) is 9.81. The molecule has 2 heterocycles. The quantitative estimate of drug-likeness (QED) is 0.411. The van der Waals surface area contributed by atoms with Crippen LogP contribution in [0.1, 0.15) is 18.7 Å². The minimum absolute atomic E-state index is 0.00783. The van der Waals surface area contributed by atoms with Crippen LogP contribution in [0.3, 0.4) is 0 Å². The summed E-state index contributed by atoms with van der Waals surface area (Å²) in [5, 5.41) is 15.3. The molecule has 0 aliphatic rings. The Morgan fingerprint density at radius 2 is 1.91 bits per heavy atom. The summed E-state index contributed by atoms with van der Waals surface area (Å²) in [6.45, 7) is -2.79. The highest BCUT2D eigenvalue weighted by Gasteiger charge is 2.15. The molecule has 0 aliphatic heterocycles. The van der Waals surface area contributed by atoms with Gasteiger partial charge in [0.15, 0.2) is 5.69 Å². The summed E-state index contributed by atoms with van der Waals surface area (Å²) in [6, 6.07) is 14.3. The van der Waals surface area contributed by atoms with Gasteiger partial charge in [0.25, 0.3) is 0 Å². The van der Waals surface area contributed by atoms with Crippen LogP contribution in [-0.4, -0.2) is 31.5 Å². The van der Waals surface area contributed by atoms with E-state index < -0.39 is 17.8 Å². The summed E-state index contributed by atoms with van der Waals surface area (Å²) in [4.78, 5) is 16.9. The number of hydrogen-bond donors (Lipinski definition) is 1. The molecule has 0 saturated carbocycles. The van der Waals surface area contributed by atoms with Crippen LogP contribution >= 0.6 is 0 Å². The molecule has 7 nitrogen and oxygen atoms in total. The Labute approximate surface area is 186 Å². The van der Waals surface area contributed by atoms with Crippen LogP contribution in [-0.2, 0) is 0 Å². The summed E-state index contributed by atoms with van der Waals surface area (Å²) in [7, 11) is 0. The van der Waals surface area contributed by atoms with Crippen molar-refractivity contribution < 1.29 is 13.2 Å². The van der Waals surface area contributed by atoms with Crippen molar-refractivity contribution in [2.24, 2.45) is 4.99 Å². The summed E-state index contributed by atoms with van der Waals surface area (Å²) in [5.41, 5.74) is 1.18. The topological polar surface area (TPSA) is 88.9 Å². The van der Waals surface area contributed by atoms with Crippen molar-refractivity contribution in [2.75, 3.05) is 0 Å². The molecule has 33 heavy (non-hydrogen) atoms. The number of aromatic nitrogens is 4. The lowest BCUT2D eigenvalue weighted by Gasteiger charge is -2.10. The van der Waals surface area contributed by atoms with Gasteiger partial charge < -0.3 is 5.41 Å². The molecule has 0 saturated heterocycles. The number of alkyl halides is 2. The first-order valence-electron chi connectivity index (χ1n) is 9.81. The number of aliphatic imine (C=N–C) groups is 1. The fourth-order valence-electron chi connectivity index (χ4n) is 3.16. The fraction of sp³-hybridized carbons (Fsp3) is 0.0870. The molecule has 0 radical (unpaired) electrons. The van der Waals surface area contributed by atoms with E-state index in [1.807, 2.05) is 6.07 Å². The van der Waals surface area contributed by atoms with E-state index in [0.29, 0.717) is 21.5 Å². The maximum atomic E-state index is 14.9. The van der Waals surface area contributed by atoms with E-state index in [0.717, 1.165) is 12.4 Å². The highest BCUT2D eigenvalue weighted by atomic mass is 19.3. The number of benzene rings is 2. The Bertz CT molecular complexity index is 1380. The normalized spacial score (nSPS) is 11.7. The van der Waals surface area contributed by atoms with Gasteiger partial charge in [-0.15, -0.1) is 0 Å². The predicted molar refractivity (Wildman–Crippen MR) is 118 cm³/mol. The van der Waals surface area contributed by atoms with Gasteiger partial charge in [0.05, 0.1) is 17.6 Å². The van der Waals surface area contributed by atoms with Crippen molar-refractivity contribution in [1.29, 1.82) is 5.41 Å². The monoisotopic (exact) mass is 450 g/mol. The zero-order chi connectivity index (χ0) is 23.4. The van der Waals surface area contributed by atoms with E-state index in [-0.39, 0.29) is 23.5 Å². The molecule has 10 heteroatoms. The van der Waals surface area contributed by atoms with Crippen molar-refractivity contribution >= 4 is 17.6 Å². The van der Waals surface area contributed by atoms with Crippen LogP contribution in [0.5, 0.6) is 0 Å². The minimum Gasteiger partial charge on any atom is -0.313 e. The standard InChI is InChI=1S/C23H17F3N6O/c24-18-12-15(16-13-28-32(14-16)23(25)26)6-7-20(18)31-11-9-21(33)22(30-31)19(8-10-27)29-17-4-2-1-3-5-17/h1-7,9-14,23,27H,8H2. The second-order valence-corrected chi connectivity index (χ2v) is 6.93. The largest absolute Gasteiger partial charge is 0.333 e. The first kappa shape index (κ1) is 21.9. The van der Waals surface area contributed by atoms with Crippen LogP contribution in [0, 0.1) is 11.2 Å². The third kappa shape index (κ3) is 4.79. The molecule has 0 unspecified atom stereocenters. The molecule has 4 aromatic rings. The molecule has 0 spiro atoms. The third-order valence-corrected chi connectivity index (χ3v) is 4.73. The third-order valence-electron chi connectivity index (χ3n) is 4.73. The van der Waals surface area contributed by atoms with E-state index in [2.05, 4.69) is 15.2 Å². The second kappa shape index (κ2) is 9.43. The van der Waals surface area contributed by atoms with Crippen LogP contribution in [0.25, 0.3) is 16.8 Å². The highest BCUT2D eigenvalue weighted by molar-refractivity contribution is 6.06. The Balaban J connectivity index is 1.73. The maximum Gasteiger partial charge on any atom is 0.333 e. The Hall–Kier alpha value is -4.34. The molecule has 0 bridgehead atoms. The molecule has 2 aromatic carbocycles. The average Bonchev–Trinajstić information content (AvgIpc) is 3.31. The Kier molecular flexibility index (Phi) is 6.25.